The van der Waals surface area contributed by atoms with Crippen LogP contribution >= 0.6 is 12.2 Å². The van der Waals surface area contributed by atoms with Crippen LogP contribution in [0.1, 0.15) is 31.7 Å². The number of amides is 1. The van der Waals surface area contributed by atoms with E-state index in [-0.39, 0.29) is 22.5 Å². The number of sulfone groups is 1. The monoisotopic (exact) mass is 355 g/mol. The van der Waals surface area contributed by atoms with Crippen LogP contribution in [0.15, 0.2) is 24.3 Å². The van der Waals surface area contributed by atoms with E-state index in [4.69, 9.17) is 12.2 Å². The molecule has 23 heavy (non-hydrogen) atoms. The van der Waals surface area contributed by atoms with E-state index >= 15 is 0 Å². The van der Waals surface area contributed by atoms with Gasteiger partial charge in [-0.3, -0.25) is 15.6 Å². The van der Waals surface area contributed by atoms with Crippen molar-refractivity contribution >= 4 is 38.8 Å². The predicted octanol–water partition coefficient (Wildman–Crippen LogP) is 1.56. The van der Waals surface area contributed by atoms with Gasteiger partial charge in [0.1, 0.15) is 0 Å². The third kappa shape index (κ3) is 5.18. The molecule has 3 N–H and O–H groups in total. The van der Waals surface area contributed by atoms with Crippen LogP contribution < -0.4 is 16.2 Å². The largest absolute Gasteiger partial charge is 0.331 e. The number of hydrazine groups is 1. The highest BCUT2D eigenvalue weighted by molar-refractivity contribution is 7.91. The summed E-state index contributed by atoms with van der Waals surface area (Å²) in [5.41, 5.74) is 7.09. The molecule has 2 rings (SSSR count). The SMILES string of the molecule is CC(C)c1ccc(NC(=S)NNC(=O)[C@@H]2CCS(=O)(=O)C2)cc1. The Kier molecular flexibility index (Phi) is 5.59. The molecule has 8 heteroatoms. The summed E-state index contributed by atoms with van der Waals surface area (Å²) < 4.78 is 22.7. The fourth-order valence-electron chi connectivity index (χ4n) is 2.34. The third-order valence-electron chi connectivity index (χ3n) is 3.74. The Balaban J connectivity index is 1.80. The predicted molar refractivity (Wildman–Crippen MR) is 94.8 cm³/mol. The Morgan fingerprint density at radius 2 is 1.87 bits per heavy atom. The number of nitrogens with one attached hydrogen (secondary N) is 3. The van der Waals surface area contributed by atoms with Crippen molar-refractivity contribution in [3.63, 3.8) is 0 Å². The van der Waals surface area contributed by atoms with Gasteiger partial charge in [0, 0.05) is 5.69 Å². The van der Waals surface area contributed by atoms with E-state index in [2.05, 4.69) is 30.0 Å². The first kappa shape index (κ1) is 17.7. The fourth-order valence-corrected chi connectivity index (χ4v) is 4.25. The average molecular weight is 355 g/mol. The van der Waals surface area contributed by atoms with Crippen molar-refractivity contribution in [3.8, 4) is 0 Å². The van der Waals surface area contributed by atoms with Gasteiger partial charge in [0.2, 0.25) is 5.91 Å². The van der Waals surface area contributed by atoms with E-state index in [1.54, 1.807) is 0 Å². The van der Waals surface area contributed by atoms with Crippen LogP contribution in [0.3, 0.4) is 0 Å². The first-order valence-corrected chi connectivity index (χ1v) is 9.67. The third-order valence-corrected chi connectivity index (χ3v) is 5.71. The molecule has 1 atom stereocenters. The number of hydrogen-bond acceptors (Lipinski definition) is 4. The molecule has 1 aliphatic heterocycles. The van der Waals surface area contributed by atoms with Crippen LogP contribution in [-0.4, -0.2) is 30.9 Å². The molecule has 0 unspecified atom stereocenters. The van der Waals surface area contributed by atoms with Gasteiger partial charge < -0.3 is 5.32 Å². The second-order valence-corrected chi connectivity index (χ2v) is 8.58. The van der Waals surface area contributed by atoms with Gasteiger partial charge in [-0.1, -0.05) is 26.0 Å². The van der Waals surface area contributed by atoms with E-state index in [1.807, 2.05) is 24.3 Å². The summed E-state index contributed by atoms with van der Waals surface area (Å²) in [5, 5.41) is 3.20. The normalized spacial score (nSPS) is 19.3. The Morgan fingerprint density at radius 3 is 2.39 bits per heavy atom. The zero-order valence-electron chi connectivity index (χ0n) is 13.1. The molecule has 1 heterocycles. The molecule has 1 aromatic rings. The molecule has 6 nitrogen and oxygen atoms in total. The highest BCUT2D eigenvalue weighted by Gasteiger charge is 2.32. The van der Waals surface area contributed by atoms with E-state index in [0.717, 1.165) is 5.69 Å². The Hall–Kier alpha value is -1.67. The van der Waals surface area contributed by atoms with E-state index in [9.17, 15) is 13.2 Å². The Morgan fingerprint density at radius 1 is 1.22 bits per heavy atom. The lowest BCUT2D eigenvalue weighted by Gasteiger charge is -2.14. The maximum Gasteiger partial charge on any atom is 0.242 e. The van der Waals surface area contributed by atoms with Crippen molar-refractivity contribution in [1.29, 1.82) is 0 Å². The summed E-state index contributed by atoms with van der Waals surface area (Å²) in [5.74, 6) is -0.449. The quantitative estimate of drug-likeness (QED) is 0.563. The lowest BCUT2D eigenvalue weighted by Crippen LogP contribution is -2.46. The topological polar surface area (TPSA) is 87.3 Å². The molecule has 0 aromatic heterocycles. The summed E-state index contributed by atoms with van der Waals surface area (Å²) in [6.45, 7) is 4.24. The highest BCUT2D eigenvalue weighted by Crippen LogP contribution is 2.18. The van der Waals surface area contributed by atoms with Crippen LogP contribution in [0.25, 0.3) is 0 Å². The van der Waals surface area contributed by atoms with Crippen molar-refractivity contribution in [3.05, 3.63) is 29.8 Å². The van der Waals surface area contributed by atoms with Gasteiger partial charge in [0.05, 0.1) is 17.4 Å². The first-order chi connectivity index (χ1) is 10.8. The van der Waals surface area contributed by atoms with Gasteiger partial charge in [-0.2, -0.15) is 0 Å². The first-order valence-electron chi connectivity index (χ1n) is 7.44. The molecule has 0 saturated carbocycles. The highest BCUT2D eigenvalue weighted by atomic mass is 32.2. The molecular formula is C15H21N3O3S2. The second-order valence-electron chi connectivity index (χ2n) is 5.95. The van der Waals surface area contributed by atoms with Crippen LogP contribution in [0.5, 0.6) is 0 Å². The lowest BCUT2D eigenvalue weighted by molar-refractivity contribution is -0.124. The van der Waals surface area contributed by atoms with Crippen LogP contribution in [0.4, 0.5) is 5.69 Å². The number of benzene rings is 1. The van der Waals surface area contributed by atoms with E-state index in [0.29, 0.717) is 12.3 Å². The zero-order chi connectivity index (χ0) is 17.0. The molecule has 0 aliphatic carbocycles. The Bertz CT molecular complexity index is 684. The number of carbonyl (C=O) groups excluding carboxylic acids is 1. The minimum absolute atomic E-state index is 0.0655. The van der Waals surface area contributed by atoms with Gasteiger partial charge in [0.15, 0.2) is 14.9 Å². The van der Waals surface area contributed by atoms with Crippen molar-refractivity contribution in [2.24, 2.45) is 5.92 Å². The van der Waals surface area contributed by atoms with Crippen LogP contribution in [0.2, 0.25) is 0 Å². The molecule has 1 aromatic carbocycles. The molecule has 1 aliphatic rings. The van der Waals surface area contributed by atoms with Gasteiger partial charge in [0.25, 0.3) is 0 Å². The summed E-state index contributed by atoms with van der Waals surface area (Å²) in [7, 11) is -3.08. The zero-order valence-corrected chi connectivity index (χ0v) is 14.8. The summed E-state index contributed by atoms with van der Waals surface area (Å²) in [6, 6.07) is 7.85. The number of hydrogen-bond donors (Lipinski definition) is 3. The van der Waals surface area contributed by atoms with Gasteiger partial charge in [-0.15, -0.1) is 0 Å². The molecule has 1 fully saturated rings. The lowest BCUT2D eigenvalue weighted by atomic mass is 10.0. The van der Waals surface area contributed by atoms with Crippen molar-refractivity contribution in [2.45, 2.75) is 26.2 Å². The van der Waals surface area contributed by atoms with Crippen LogP contribution in [0, 0.1) is 5.92 Å². The molecule has 126 valence electrons. The Labute approximate surface area is 141 Å². The maximum atomic E-state index is 11.9. The smallest absolute Gasteiger partial charge is 0.242 e. The van der Waals surface area contributed by atoms with Gasteiger partial charge >= 0.3 is 0 Å². The molecule has 0 bridgehead atoms. The van der Waals surface area contributed by atoms with Crippen molar-refractivity contribution in [1.82, 2.24) is 10.9 Å². The second kappa shape index (κ2) is 7.27. The van der Waals surface area contributed by atoms with Gasteiger partial charge in [-0.05, 0) is 42.3 Å². The molecule has 0 spiro atoms. The average Bonchev–Trinajstić information content (AvgIpc) is 2.85. The number of carbonyl (C=O) groups is 1. The summed E-state index contributed by atoms with van der Waals surface area (Å²) in [4.78, 5) is 11.9. The number of anilines is 1. The van der Waals surface area contributed by atoms with Crippen molar-refractivity contribution < 1.29 is 13.2 Å². The van der Waals surface area contributed by atoms with E-state index in [1.165, 1.54) is 5.56 Å². The minimum Gasteiger partial charge on any atom is -0.331 e. The van der Waals surface area contributed by atoms with E-state index < -0.39 is 15.8 Å². The maximum absolute atomic E-state index is 11.9. The standard InChI is InChI=1S/C15H21N3O3S2/c1-10(2)11-3-5-13(6-4-11)16-15(22)18-17-14(19)12-7-8-23(20,21)9-12/h3-6,10,12H,7-9H2,1-2H3,(H,17,19)(H2,16,18,22)/t12-/m1/s1. The number of thiocarbonyl (C=S) groups is 1. The fraction of sp³-hybridized carbons (Fsp3) is 0.467. The van der Waals surface area contributed by atoms with Crippen molar-refractivity contribution in [2.75, 3.05) is 16.8 Å². The molecule has 1 amide bonds. The molecule has 0 radical (unpaired) electrons. The molecular weight excluding hydrogens is 334 g/mol. The van der Waals surface area contributed by atoms with Gasteiger partial charge in [-0.25, -0.2) is 8.42 Å². The summed E-state index contributed by atoms with van der Waals surface area (Å²) in [6.07, 6.45) is 0.354. The molecule has 1 saturated heterocycles. The summed E-state index contributed by atoms with van der Waals surface area (Å²) >= 11 is 5.10. The minimum atomic E-state index is -3.08. The number of rotatable bonds is 3. The van der Waals surface area contributed by atoms with Crippen LogP contribution in [-0.2, 0) is 14.6 Å².